The molecule has 94 valence electrons. The molecule has 2 heteroatoms. The molecule has 0 aromatic heterocycles. The van der Waals surface area contributed by atoms with Crippen LogP contribution in [-0.2, 0) is 6.54 Å². The SMILES string of the molecule is c1ccc(CNCCC[Se]c2ccccc2)cc1. The fourth-order valence-electron chi connectivity index (χ4n) is 1.73. The maximum absolute atomic E-state index is 3.50. The van der Waals surface area contributed by atoms with Crippen molar-refractivity contribution in [2.24, 2.45) is 0 Å². The van der Waals surface area contributed by atoms with Gasteiger partial charge in [-0.2, -0.15) is 0 Å². The van der Waals surface area contributed by atoms with Gasteiger partial charge in [-0.1, -0.05) is 0 Å². The van der Waals surface area contributed by atoms with Crippen LogP contribution >= 0.6 is 0 Å². The number of hydrogen-bond donors (Lipinski definition) is 1. The van der Waals surface area contributed by atoms with Gasteiger partial charge in [0.05, 0.1) is 0 Å². The molecule has 18 heavy (non-hydrogen) atoms. The van der Waals surface area contributed by atoms with Crippen LogP contribution in [0.15, 0.2) is 60.7 Å². The minimum absolute atomic E-state index is 0.635. The molecule has 0 aliphatic heterocycles. The third-order valence-electron chi connectivity index (χ3n) is 2.68. The van der Waals surface area contributed by atoms with Gasteiger partial charge in [0.2, 0.25) is 0 Å². The van der Waals surface area contributed by atoms with E-state index in [4.69, 9.17) is 0 Å². The van der Waals surface area contributed by atoms with Crippen molar-refractivity contribution in [2.45, 2.75) is 18.3 Å². The summed E-state index contributed by atoms with van der Waals surface area (Å²) >= 11 is 0.635. The molecule has 0 saturated heterocycles. The fourth-order valence-corrected chi connectivity index (χ4v) is 3.57. The van der Waals surface area contributed by atoms with E-state index in [0.717, 1.165) is 13.1 Å². The molecule has 0 aliphatic carbocycles. The van der Waals surface area contributed by atoms with E-state index in [9.17, 15) is 0 Å². The molecule has 0 fully saturated rings. The molecule has 0 spiro atoms. The summed E-state index contributed by atoms with van der Waals surface area (Å²) in [6.07, 6.45) is 1.27. The minimum atomic E-state index is 0.635. The van der Waals surface area contributed by atoms with Crippen molar-refractivity contribution in [2.75, 3.05) is 6.54 Å². The van der Waals surface area contributed by atoms with Gasteiger partial charge >= 0.3 is 116 Å². The van der Waals surface area contributed by atoms with Crippen LogP contribution in [0.3, 0.4) is 0 Å². The van der Waals surface area contributed by atoms with Crippen molar-refractivity contribution in [3.05, 3.63) is 66.2 Å². The first-order chi connectivity index (χ1) is 8.95. The van der Waals surface area contributed by atoms with Crippen LogP contribution in [-0.4, -0.2) is 21.5 Å². The predicted molar refractivity (Wildman–Crippen MR) is 79.4 cm³/mol. The Kier molecular flexibility index (Phi) is 6.01. The van der Waals surface area contributed by atoms with Crippen LogP contribution in [0, 0.1) is 0 Å². The van der Waals surface area contributed by atoms with E-state index in [0.29, 0.717) is 15.0 Å². The van der Waals surface area contributed by atoms with Gasteiger partial charge in [-0.25, -0.2) is 0 Å². The molecule has 0 unspecified atom stereocenters. The second-order valence-electron chi connectivity index (χ2n) is 4.18. The Balaban J connectivity index is 1.54. The monoisotopic (exact) mass is 305 g/mol. The Bertz CT molecular complexity index is 384. The van der Waals surface area contributed by atoms with E-state index in [2.05, 4.69) is 66.0 Å². The van der Waals surface area contributed by atoms with Crippen molar-refractivity contribution in [1.82, 2.24) is 5.32 Å². The van der Waals surface area contributed by atoms with Gasteiger partial charge in [0, 0.05) is 0 Å². The van der Waals surface area contributed by atoms with Gasteiger partial charge in [0.15, 0.2) is 0 Å². The quantitative estimate of drug-likeness (QED) is 0.612. The fraction of sp³-hybridized carbons (Fsp3) is 0.250. The second-order valence-corrected chi connectivity index (χ2v) is 6.63. The van der Waals surface area contributed by atoms with Gasteiger partial charge in [-0.05, 0) is 0 Å². The van der Waals surface area contributed by atoms with Crippen LogP contribution in [0.25, 0.3) is 0 Å². The predicted octanol–water partition coefficient (Wildman–Crippen LogP) is 2.61. The molecule has 2 aromatic rings. The topological polar surface area (TPSA) is 12.0 Å². The van der Waals surface area contributed by atoms with E-state index < -0.39 is 0 Å². The molecule has 0 bridgehead atoms. The number of benzene rings is 2. The van der Waals surface area contributed by atoms with Crippen LogP contribution < -0.4 is 9.78 Å². The Hall–Kier alpha value is -1.08. The average Bonchev–Trinajstić information content (AvgIpc) is 2.45. The van der Waals surface area contributed by atoms with Gasteiger partial charge in [0.25, 0.3) is 0 Å². The molecule has 2 rings (SSSR count). The number of nitrogens with one attached hydrogen (secondary N) is 1. The first-order valence-corrected chi connectivity index (χ1v) is 8.44. The molecule has 0 amide bonds. The van der Waals surface area contributed by atoms with Crippen molar-refractivity contribution < 1.29 is 0 Å². The molecule has 0 aliphatic rings. The molecule has 0 saturated carbocycles. The normalized spacial score (nSPS) is 10.4. The molecule has 2 aromatic carbocycles. The van der Waals surface area contributed by atoms with E-state index in [-0.39, 0.29) is 0 Å². The molecule has 1 nitrogen and oxygen atoms in total. The summed E-state index contributed by atoms with van der Waals surface area (Å²) in [7, 11) is 0. The average molecular weight is 304 g/mol. The molecular weight excluding hydrogens is 285 g/mol. The molecular formula is C16H19NSe. The summed E-state index contributed by atoms with van der Waals surface area (Å²) in [5.74, 6) is 0. The summed E-state index contributed by atoms with van der Waals surface area (Å²) < 4.78 is 1.51. The first kappa shape index (κ1) is 13.4. The second kappa shape index (κ2) is 8.10. The molecule has 0 heterocycles. The van der Waals surface area contributed by atoms with Crippen molar-refractivity contribution in [3.63, 3.8) is 0 Å². The van der Waals surface area contributed by atoms with Crippen LogP contribution in [0.2, 0.25) is 5.32 Å². The van der Waals surface area contributed by atoms with E-state index in [1.165, 1.54) is 21.8 Å². The van der Waals surface area contributed by atoms with Crippen LogP contribution in [0.4, 0.5) is 0 Å². The van der Waals surface area contributed by atoms with Crippen LogP contribution in [0.1, 0.15) is 12.0 Å². The van der Waals surface area contributed by atoms with Crippen LogP contribution in [0.5, 0.6) is 0 Å². The zero-order chi connectivity index (χ0) is 12.5. The molecule has 0 radical (unpaired) electrons. The maximum atomic E-state index is 3.50. The molecule has 0 atom stereocenters. The Morgan fingerprint density at radius 1 is 0.833 bits per heavy atom. The summed E-state index contributed by atoms with van der Waals surface area (Å²) in [5, 5.41) is 4.82. The van der Waals surface area contributed by atoms with Gasteiger partial charge in [0.1, 0.15) is 0 Å². The Labute approximate surface area is 116 Å². The van der Waals surface area contributed by atoms with E-state index in [1.54, 1.807) is 0 Å². The standard InChI is InChI=1S/C16H19NSe/c1-3-8-15(9-4-1)14-17-12-7-13-18-16-10-5-2-6-11-16/h1-6,8-11,17H,7,12-14H2. The third-order valence-corrected chi connectivity index (χ3v) is 4.99. The summed E-state index contributed by atoms with van der Waals surface area (Å²) in [6, 6.07) is 21.4. The summed E-state index contributed by atoms with van der Waals surface area (Å²) in [6.45, 7) is 2.10. The van der Waals surface area contributed by atoms with Crippen molar-refractivity contribution in [1.29, 1.82) is 0 Å². The molecule has 1 N–H and O–H groups in total. The van der Waals surface area contributed by atoms with E-state index in [1.807, 2.05) is 0 Å². The first-order valence-electron chi connectivity index (χ1n) is 6.37. The van der Waals surface area contributed by atoms with E-state index >= 15 is 0 Å². The zero-order valence-corrected chi connectivity index (χ0v) is 12.2. The van der Waals surface area contributed by atoms with Gasteiger partial charge < -0.3 is 0 Å². The van der Waals surface area contributed by atoms with Crippen molar-refractivity contribution in [3.8, 4) is 0 Å². The Morgan fingerprint density at radius 2 is 1.50 bits per heavy atom. The summed E-state index contributed by atoms with van der Waals surface area (Å²) in [4.78, 5) is 0. The van der Waals surface area contributed by atoms with Gasteiger partial charge in [-0.3, -0.25) is 0 Å². The summed E-state index contributed by atoms with van der Waals surface area (Å²) in [5.41, 5.74) is 1.37. The van der Waals surface area contributed by atoms with Gasteiger partial charge in [-0.15, -0.1) is 0 Å². The Morgan fingerprint density at radius 3 is 2.22 bits per heavy atom. The number of hydrogen-bond acceptors (Lipinski definition) is 1. The zero-order valence-electron chi connectivity index (χ0n) is 10.5. The number of rotatable bonds is 7. The third kappa shape index (κ3) is 5.05. The van der Waals surface area contributed by atoms with Crippen molar-refractivity contribution >= 4 is 19.4 Å².